The Hall–Kier alpha value is -2.04. The summed E-state index contributed by atoms with van der Waals surface area (Å²) in [6, 6.07) is 3.27. The molecule has 0 spiro atoms. The van der Waals surface area contributed by atoms with Gasteiger partial charge >= 0.3 is 0 Å². The van der Waals surface area contributed by atoms with Crippen LogP contribution in [0, 0.1) is 5.82 Å². The zero-order chi connectivity index (χ0) is 12.1. The molecule has 5 heteroatoms. The number of nitrogens with zero attached hydrogens (tertiary/aromatic N) is 3. The van der Waals surface area contributed by atoms with Crippen molar-refractivity contribution in [1.29, 1.82) is 0 Å². The molecule has 0 aliphatic heterocycles. The molecular formula is C12H13FN4. The first kappa shape index (κ1) is 11.4. The van der Waals surface area contributed by atoms with E-state index in [1.54, 1.807) is 24.5 Å². The number of nitrogens with one attached hydrogen (secondary N) is 1. The molecule has 0 aromatic carbocycles. The molecule has 4 nitrogen and oxygen atoms in total. The van der Waals surface area contributed by atoms with Crippen LogP contribution in [0.2, 0.25) is 0 Å². The molecule has 0 aliphatic rings. The normalized spacial score (nSPS) is 10.2. The van der Waals surface area contributed by atoms with Gasteiger partial charge in [-0.15, -0.1) is 0 Å². The van der Waals surface area contributed by atoms with Gasteiger partial charge < -0.3 is 5.32 Å². The number of hydrogen-bond acceptors (Lipinski definition) is 4. The third-order valence-electron chi connectivity index (χ3n) is 2.24. The summed E-state index contributed by atoms with van der Waals surface area (Å²) in [5, 5.41) is 3.06. The van der Waals surface area contributed by atoms with Crippen molar-refractivity contribution in [3.05, 3.63) is 36.5 Å². The zero-order valence-corrected chi connectivity index (χ0v) is 9.52. The monoisotopic (exact) mass is 232 g/mol. The minimum atomic E-state index is -0.382. The van der Waals surface area contributed by atoms with Gasteiger partial charge in [0.05, 0.1) is 11.9 Å². The van der Waals surface area contributed by atoms with E-state index in [0.717, 1.165) is 13.0 Å². The largest absolute Gasteiger partial charge is 0.354 e. The van der Waals surface area contributed by atoms with Gasteiger partial charge in [-0.05, 0) is 18.6 Å². The molecule has 88 valence electrons. The highest BCUT2D eigenvalue weighted by molar-refractivity contribution is 5.59. The van der Waals surface area contributed by atoms with Crippen molar-refractivity contribution in [3.63, 3.8) is 0 Å². The molecule has 17 heavy (non-hydrogen) atoms. The first-order valence-corrected chi connectivity index (χ1v) is 5.48. The average Bonchev–Trinajstić information content (AvgIpc) is 2.37. The van der Waals surface area contributed by atoms with Crippen molar-refractivity contribution in [1.82, 2.24) is 15.0 Å². The van der Waals surface area contributed by atoms with E-state index in [-0.39, 0.29) is 5.82 Å². The van der Waals surface area contributed by atoms with Gasteiger partial charge in [0.15, 0.2) is 5.82 Å². The summed E-state index contributed by atoms with van der Waals surface area (Å²) in [5.41, 5.74) is 0.987. The van der Waals surface area contributed by atoms with Crippen LogP contribution in [0.25, 0.3) is 11.3 Å². The van der Waals surface area contributed by atoms with Gasteiger partial charge in [-0.3, -0.25) is 4.98 Å². The smallest absolute Gasteiger partial charge is 0.223 e. The third-order valence-corrected chi connectivity index (χ3v) is 2.24. The Morgan fingerprint density at radius 2 is 2.18 bits per heavy atom. The summed E-state index contributed by atoms with van der Waals surface area (Å²) < 4.78 is 13.5. The first-order chi connectivity index (χ1) is 8.31. The first-order valence-electron chi connectivity index (χ1n) is 5.48. The summed E-state index contributed by atoms with van der Waals surface area (Å²) in [4.78, 5) is 12.0. The van der Waals surface area contributed by atoms with E-state index in [2.05, 4.69) is 27.2 Å². The summed E-state index contributed by atoms with van der Waals surface area (Å²) in [6.07, 6.45) is 5.31. The molecule has 0 aliphatic carbocycles. The zero-order valence-electron chi connectivity index (χ0n) is 9.52. The molecule has 0 fully saturated rings. The van der Waals surface area contributed by atoms with Gasteiger partial charge in [-0.1, -0.05) is 6.92 Å². The number of aromatic nitrogens is 3. The van der Waals surface area contributed by atoms with Gasteiger partial charge in [-0.2, -0.15) is 0 Å². The highest BCUT2D eigenvalue weighted by atomic mass is 19.1. The Labute approximate surface area is 99.0 Å². The Bertz CT molecular complexity index is 501. The van der Waals surface area contributed by atoms with E-state index in [1.807, 2.05) is 0 Å². The molecule has 0 bridgehead atoms. The highest BCUT2D eigenvalue weighted by Gasteiger charge is 2.06. The van der Waals surface area contributed by atoms with Gasteiger partial charge in [-0.25, -0.2) is 14.4 Å². The Morgan fingerprint density at radius 1 is 1.29 bits per heavy atom. The Kier molecular flexibility index (Phi) is 3.59. The molecule has 0 saturated carbocycles. The van der Waals surface area contributed by atoms with Crippen molar-refractivity contribution < 1.29 is 4.39 Å². The maximum atomic E-state index is 13.5. The lowest BCUT2D eigenvalue weighted by Crippen LogP contribution is -2.04. The molecule has 0 atom stereocenters. The Balaban J connectivity index is 2.30. The van der Waals surface area contributed by atoms with Crippen LogP contribution in [0.5, 0.6) is 0 Å². The second kappa shape index (κ2) is 5.34. The molecule has 2 rings (SSSR count). The van der Waals surface area contributed by atoms with E-state index in [0.29, 0.717) is 17.2 Å². The number of anilines is 1. The van der Waals surface area contributed by atoms with E-state index in [1.165, 1.54) is 6.20 Å². The lowest BCUT2D eigenvalue weighted by Gasteiger charge is -2.05. The third kappa shape index (κ3) is 2.75. The molecule has 2 heterocycles. The van der Waals surface area contributed by atoms with Crippen LogP contribution in [0.3, 0.4) is 0 Å². The lowest BCUT2D eigenvalue weighted by molar-refractivity contribution is 0.624. The topological polar surface area (TPSA) is 50.7 Å². The number of hydrogen-bond donors (Lipinski definition) is 1. The summed E-state index contributed by atoms with van der Waals surface area (Å²) in [5.74, 6) is 0.133. The molecule has 0 amide bonds. The molecular weight excluding hydrogens is 219 g/mol. The molecule has 1 N–H and O–H groups in total. The fourth-order valence-corrected chi connectivity index (χ4v) is 1.41. The summed E-state index contributed by atoms with van der Waals surface area (Å²) in [7, 11) is 0. The molecule has 0 saturated heterocycles. The fourth-order valence-electron chi connectivity index (χ4n) is 1.41. The minimum Gasteiger partial charge on any atom is -0.354 e. The van der Waals surface area contributed by atoms with Gasteiger partial charge in [0.1, 0.15) is 0 Å². The molecule has 0 unspecified atom stereocenters. The van der Waals surface area contributed by atoms with Crippen molar-refractivity contribution in [2.75, 3.05) is 11.9 Å². The predicted molar refractivity (Wildman–Crippen MR) is 64.0 cm³/mol. The van der Waals surface area contributed by atoms with E-state index in [9.17, 15) is 4.39 Å². The van der Waals surface area contributed by atoms with Crippen LogP contribution in [-0.2, 0) is 0 Å². The van der Waals surface area contributed by atoms with Gasteiger partial charge in [0.25, 0.3) is 0 Å². The van der Waals surface area contributed by atoms with Crippen LogP contribution in [0.1, 0.15) is 13.3 Å². The second-order valence-electron chi connectivity index (χ2n) is 3.55. The number of rotatable bonds is 4. The predicted octanol–water partition coefficient (Wildman–Crippen LogP) is 2.50. The average molecular weight is 232 g/mol. The van der Waals surface area contributed by atoms with E-state index in [4.69, 9.17) is 0 Å². The van der Waals surface area contributed by atoms with Crippen LogP contribution < -0.4 is 5.32 Å². The van der Waals surface area contributed by atoms with E-state index < -0.39 is 0 Å². The maximum Gasteiger partial charge on any atom is 0.223 e. The van der Waals surface area contributed by atoms with Crippen molar-refractivity contribution in [2.45, 2.75) is 13.3 Å². The van der Waals surface area contributed by atoms with Gasteiger partial charge in [0.2, 0.25) is 5.95 Å². The molecule has 2 aromatic heterocycles. The van der Waals surface area contributed by atoms with Crippen molar-refractivity contribution >= 4 is 5.95 Å². The van der Waals surface area contributed by atoms with Crippen molar-refractivity contribution in [2.24, 2.45) is 0 Å². The highest BCUT2D eigenvalue weighted by Crippen LogP contribution is 2.19. The fraction of sp³-hybridized carbons (Fsp3) is 0.250. The van der Waals surface area contributed by atoms with Crippen molar-refractivity contribution in [3.8, 4) is 11.3 Å². The second-order valence-corrected chi connectivity index (χ2v) is 3.55. The summed E-state index contributed by atoms with van der Waals surface area (Å²) in [6.45, 7) is 2.85. The lowest BCUT2D eigenvalue weighted by atomic mass is 10.2. The Morgan fingerprint density at radius 3 is 2.94 bits per heavy atom. The molecule has 0 radical (unpaired) electrons. The SMILES string of the molecule is CCCNc1nccc(-c2ccncc2F)n1. The van der Waals surface area contributed by atoms with Crippen LogP contribution in [0.4, 0.5) is 10.3 Å². The van der Waals surface area contributed by atoms with E-state index >= 15 is 0 Å². The quantitative estimate of drug-likeness (QED) is 0.879. The minimum absolute atomic E-state index is 0.382. The van der Waals surface area contributed by atoms with Crippen LogP contribution >= 0.6 is 0 Å². The standard InChI is InChI=1S/C12H13FN4/c1-2-5-15-12-16-7-4-11(17-12)9-3-6-14-8-10(9)13/h3-4,6-8H,2,5H2,1H3,(H,15,16,17). The van der Waals surface area contributed by atoms with Crippen LogP contribution in [-0.4, -0.2) is 21.5 Å². The molecule has 2 aromatic rings. The van der Waals surface area contributed by atoms with Crippen LogP contribution in [0.15, 0.2) is 30.7 Å². The number of pyridine rings is 1. The summed E-state index contributed by atoms with van der Waals surface area (Å²) >= 11 is 0. The van der Waals surface area contributed by atoms with Gasteiger partial charge in [0, 0.05) is 24.5 Å². The number of halogens is 1. The maximum absolute atomic E-state index is 13.5.